The van der Waals surface area contributed by atoms with Gasteiger partial charge >= 0.3 is 0 Å². The average molecular weight is 368 g/mol. The molecule has 3 rings (SSSR count). The molecule has 0 radical (unpaired) electrons. The summed E-state index contributed by atoms with van der Waals surface area (Å²) < 4.78 is 1.68. The highest BCUT2D eigenvalue weighted by Gasteiger charge is 2.19. The standard InChI is InChI=1S/C21H22ClN3O/c1-4-15(3)23-21(26)20-13-19(17-7-5-6-8-18(17)22)24-25(20)16-11-9-14(2)10-12-16/h5-13,15H,4H2,1-3H3,(H,23,26). The van der Waals surface area contributed by atoms with Crippen molar-refractivity contribution < 1.29 is 4.79 Å². The Morgan fingerprint density at radius 1 is 1.19 bits per heavy atom. The van der Waals surface area contributed by atoms with E-state index in [2.05, 4.69) is 10.4 Å². The molecule has 1 amide bonds. The van der Waals surface area contributed by atoms with Crippen LogP contribution in [0.5, 0.6) is 0 Å². The zero-order chi connectivity index (χ0) is 18.7. The van der Waals surface area contributed by atoms with Gasteiger partial charge in [-0.05, 0) is 44.5 Å². The van der Waals surface area contributed by atoms with E-state index in [0.29, 0.717) is 16.4 Å². The molecule has 1 atom stereocenters. The van der Waals surface area contributed by atoms with Crippen LogP contribution >= 0.6 is 11.6 Å². The lowest BCUT2D eigenvalue weighted by Gasteiger charge is -2.12. The summed E-state index contributed by atoms with van der Waals surface area (Å²) >= 11 is 6.32. The van der Waals surface area contributed by atoms with Crippen molar-refractivity contribution in [3.05, 3.63) is 70.9 Å². The van der Waals surface area contributed by atoms with E-state index in [1.165, 1.54) is 0 Å². The number of aryl methyl sites for hydroxylation is 1. The Labute approximate surface area is 158 Å². The van der Waals surface area contributed by atoms with Crippen molar-refractivity contribution in [2.75, 3.05) is 0 Å². The number of amides is 1. The van der Waals surface area contributed by atoms with Crippen molar-refractivity contribution in [3.8, 4) is 16.9 Å². The largest absolute Gasteiger partial charge is 0.348 e. The van der Waals surface area contributed by atoms with E-state index < -0.39 is 0 Å². The van der Waals surface area contributed by atoms with Crippen molar-refractivity contribution in [2.24, 2.45) is 0 Å². The molecule has 4 nitrogen and oxygen atoms in total. The summed E-state index contributed by atoms with van der Waals surface area (Å²) in [6.45, 7) is 6.05. The number of nitrogens with zero attached hydrogens (tertiary/aromatic N) is 2. The number of benzene rings is 2. The van der Waals surface area contributed by atoms with Crippen LogP contribution in [0.25, 0.3) is 16.9 Å². The lowest BCUT2D eigenvalue weighted by molar-refractivity contribution is 0.0931. The maximum atomic E-state index is 12.8. The molecule has 0 spiro atoms. The second-order valence-corrected chi connectivity index (χ2v) is 6.83. The predicted octanol–water partition coefficient (Wildman–Crippen LogP) is 5.03. The molecule has 3 aromatic rings. The number of hydrogen-bond donors (Lipinski definition) is 1. The number of carbonyl (C=O) groups is 1. The molecule has 0 saturated heterocycles. The first-order valence-corrected chi connectivity index (χ1v) is 9.10. The highest BCUT2D eigenvalue weighted by molar-refractivity contribution is 6.33. The minimum atomic E-state index is -0.147. The SMILES string of the molecule is CCC(C)NC(=O)c1cc(-c2ccccc2Cl)nn1-c1ccc(C)cc1. The molecular formula is C21H22ClN3O. The smallest absolute Gasteiger partial charge is 0.270 e. The zero-order valence-corrected chi connectivity index (χ0v) is 15.9. The van der Waals surface area contributed by atoms with E-state index in [0.717, 1.165) is 23.2 Å². The maximum Gasteiger partial charge on any atom is 0.270 e. The van der Waals surface area contributed by atoms with Gasteiger partial charge in [-0.3, -0.25) is 4.79 Å². The van der Waals surface area contributed by atoms with E-state index in [1.807, 2.05) is 69.3 Å². The van der Waals surface area contributed by atoms with Gasteiger partial charge in [0.15, 0.2) is 0 Å². The molecule has 0 bridgehead atoms. The van der Waals surface area contributed by atoms with Crippen molar-refractivity contribution in [2.45, 2.75) is 33.2 Å². The molecule has 0 saturated carbocycles. The van der Waals surface area contributed by atoms with Crippen LogP contribution in [-0.2, 0) is 0 Å². The minimum Gasteiger partial charge on any atom is -0.348 e. The second-order valence-electron chi connectivity index (χ2n) is 6.42. The Bertz CT molecular complexity index is 915. The van der Waals surface area contributed by atoms with Gasteiger partial charge in [0.2, 0.25) is 0 Å². The van der Waals surface area contributed by atoms with Gasteiger partial charge in [0.05, 0.1) is 16.4 Å². The Morgan fingerprint density at radius 3 is 2.54 bits per heavy atom. The van der Waals surface area contributed by atoms with Gasteiger partial charge in [0, 0.05) is 11.6 Å². The number of carbonyl (C=O) groups excluding carboxylic acids is 1. The molecule has 1 unspecified atom stereocenters. The summed E-state index contributed by atoms with van der Waals surface area (Å²) in [6, 6.07) is 17.3. The van der Waals surface area contributed by atoms with E-state index in [-0.39, 0.29) is 11.9 Å². The van der Waals surface area contributed by atoms with Crippen molar-refractivity contribution in [3.63, 3.8) is 0 Å². The van der Waals surface area contributed by atoms with Crippen LogP contribution in [0.4, 0.5) is 0 Å². The second kappa shape index (κ2) is 7.75. The first-order valence-electron chi connectivity index (χ1n) is 8.72. The molecule has 0 aliphatic carbocycles. The van der Waals surface area contributed by atoms with Crippen LogP contribution in [0.3, 0.4) is 0 Å². The van der Waals surface area contributed by atoms with Gasteiger partial charge in [-0.25, -0.2) is 4.68 Å². The Hall–Kier alpha value is -2.59. The molecule has 1 aromatic heterocycles. The lowest BCUT2D eigenvalue weighted by atomic mass is 10.1. The molecule has 0 aliphatic heterocycles. The molecule has 5 heteroatoms. The predicted molar refractivity (Wildman–Crippen MR) is 106 cm³/mol. The minimum absolute atomic E-state index is 0.0904. The van der Waals surface area contributed by atoms with E-state index in [4.69, 9.17) is 11.6 Å². The first kappa shape index (κ1) is 18.2. The van der Waals surface area contributed by atoms with E-state index >= 15 is 0 Å². The third-order valence-electron chi connectivity index (χ3n) is 4.36. The summed E-state index contributed by atoms with van der Waals surface area (Å²) in [5.41, 5.74) is 3.95. The van der Waals surface area contributed by atoms with Gasteiger partial charge in [0.1, 0.15) is 5.69 Å². The first-order chi connectivity index (χ1) is 12.5. The van der Waals surface area contributed by atoms with Gasteiger partial charge in [-0.1, -0.05) is 54.4 Å². The fraction of sp³-hybridized carbons (Fsp3) is 0.238. The van der Waals surface area contributed by atoms with Crippen LogP contribution in [0, 0.1) is 6.92 Å². The van der Waals surface area contributed by atoms with Crippen LogP contribution in [0.15, 0.2) is 54.6 Å². The summed E-state index contributed by atoms with van der Waals surface area (Å²) in [5.74, 6) is -0.147. The third kappa shape index (κ3) is 3.81. The van der Waals surface area contributed by atoms with Gasteiger partial charge in [0.25, 0.3) is 5.91 Å². The molecule has 1 N–H and O–H groups in total. The molecule has 0 aliphatic rings. The number of halogens is 1. The molecule has 2 aromatic carbocycles. The fourth-order valence-electron chi connectivity index (χ4n) is 2.63. The Kier molecular flexibility index (Phi) is 5.43. The zero-order valence-electron chi connectivity index (χ0n) is 15.2. The van der Waals surface area contributed by atoms with Crippen LogP contribution in [0.1, 0.15) is 36.3 Å². The quantitative estimate of drug-likeness (QED) is 0.687. The highest BCUT2D eigenvalue weighted by atomic mass is 35.5. The maximum absolute atomic E-state index is 12.8. The number of nitrogens with one attached hydrogen (secondary N) is 1. The van der Waals surface area contributed by atoms with Gasteiger partial charge in [-0.2, -0.15) is 5.10 Å². The van der Waals surface area contributed by atoms with Crippen molar-refractivity contribution in [1.82, 2.24) is 15.1 Å². The summed E-state index contributed by atoms with van der Waals surface area (Å²) in [7, 11) is 0. The van der Waals surface area contributed by atoms with Crippen LogP contribution in [-0.4, -0.2) is 21.7 Å². The van der Waals surface area contributed by atoms with E-state index in [1.54, 1.807) is 10.7 Å². The number of rotatable bonds is 5. The van der Waals surface area contributed by atoms with Crippen LogP contribution < -0.4 is 5.32 Å². The van der Waals surface area contributed by atoms with Gasteiger partial charge in [-0.15, -0.1) is 0 Å². The number of aromatic nitrogens is 2. The topological polar surface area (TPSA) is 46.9 Å². The van der Waals surface area contributed by atoms with Gasteiger partial charge < -0.3 is 5.32 Å². The summed E-state index contributed by atoms with van der Waals surface area (Å²) in [6.07, 6.45) is 0.863. The monoisotopic (exact) mass is 367 g/mol. The molecule has 26 heavy (non-hydrogen) atoms. The van der Waals surface area contributed by atoms with Crippen molar-refractivity contribution in [1.29, 1.82) is 0 Å². The normalized spacial score (nSPS) is 12.0. The fourth-order valence-corrected chi connectivity index (χ4v) is 2.86. The molecular weight excluding hydrogens is 346 g/mol. The highest BCUT2D eigenvalue weighted by Crippen LogP contribution is 2.28. The summed E-state index contributed by atoms with van der Waals surface area (Å²) in [4.78, 5) is 12.8. The average Bonchev–Trinajstić information content (AvgIpc) is 3.08. The Morgan fingerprint density at radius 2 is 1.88 bits per heavy atom. The Balaban J connectivity index is 2.10. The molecule has 0 fully saturated rings. The van der Waals surface area contributed by atoms with Crippen molar-refractivity contribution >= 4 is 17.5 Å². The summed E-state index contributed by atoms with van der Waals surface area (Å²) in [5, 5.41) is 8.29. The van der Waals surface area contributed by atoms with E-state index in [9.17, 15) is 4.79 Å². The third-order valence-corrected chi connectivity index (χ3v) is 4.69. The molecule has 1 heterocycles. The lowest BCUT2D eigenvalue weighted by Crippen LogP contribution is -2.33. The number of hydrogen-bond acceptors (Lipinski definition) is 2. The van der Waals surface area contributed by atoms with Crippen LogP contribution in [0.2, 0.25) is 5.02 Å². The molecule has 134 valence electrons.